The van der Waals surface area contributed by atoms with Crippen LogP contribution in [0.25, 0.3) is 5.70 Å². The highest BCUT2D eigenvalue weighted by Crippen LogP contribution is 2.20. The molecule has 0 amide bonds. The molecule has 14 heavy (non-hydrogen) atoms. The van der Waals surface area contributed by atoms with Crippen LogP contribution in [0.5, 0.6) is 0 Å². The molecule has 0 bridgehead atoms. The molecule has 0 N–H and O–H groups in total. The number of hydrogen-bond donors (Lipinski definition) is 0. The van der Waals surface area contributed by atoms with Crippen molar-refractivity contribution in [2.24, 2.45) is 0 Å². The smallest absolute Gasteiger partial charge is 0.0989 e. The molecule has 0 saturated heterocycles. The van der Waals surface area contributed by atoms with Crippen molar-refractivity contribution < 1.29 is 0 Å². The number of rotatable bonds is 1. The van der Waals surface area contributed by atoms with Crippen LogP contribution in [0.3, 0.4) is 0 Å². The average Bonchev–Trinajstić information content (AvgIpc) is 2.75. The second-order valence-corrected chi connectivity index (χ2v) is 3.14. The molecule has 1 aliphatic carbocycles. The van der Waals surface area contributed by atoms with Gasteiger partial charge in [0.1, 0.15) is 0 Å². The Morgan fingerprint density at radius 1 is 1.21 bits per heavy atom. The molecule has 0 fully saturated rings. The molecule has 1 aliphatic rings. The first-order chi connectivity index (χ1) is 6.86. The van der Waals surface area contributed by atoms with E-state index in [9.17, 15) is 0 Å². The predicted octanol–water partition coefficient (Wildman–Crippen LogP) is 3.49. The quantitative estimate of drug-likeness (QED) is 0.662. The molecule has 1 aromatic heterocycles. The third-order valence-electron chi connectivity index (χ3n) is 2.17. The van der Waals surface area contributed by atoms with E-state index in [0.29, 0.717) is 0 Å². The molecular weight excluding hydrogens is 172 g/mol. The van der Waals surface area contributed by atoms with E-state index in [0.717, 1.165) is 6.42 Å². The molecule has 0 unspecified atom stereocenters. The standard InChI is InChI=1S/C10H12N2.C2H6/c1-9-2-4-10(5-3-9)12-7-6-11-8-12;1-2/h2,4,6-8H,3,5H2,1H3;1-2H3. The largest absolute Gasteiger partial charge is 0.310 e. The minimum atomic E-state index is 1.12. The van der Waals surface area contributed by atoms with Gasteiger partial charge in [-0.15, -0.1) is 0 Å². The first-order valence-corrected chi connectivity index (χ1v) is 5.21. The lowest BCUT2D eigenvalue weighted by atomic mass is 10.0. The number of nitrogens with zero attached hydrogens (tertiary/aromatic N) is 2. The summed E-state index contributed by atoms with van der Waals surface area (Å²) in [7, 11) is 0. The normalized spacial score (nSPS) is 15.1. The topological polar surface area (TPSA) is 17.8 Å². The van der Waals surface area contributed by atoms with Crippen molar-refractivity contribution in [1.82, 2.24) is 9.55 Å². The van der Waals surface area contributed by atoms with Crippen molar-refractivity contribution in [3.05, 3.63) is 36.4 Å². The van der Waals surface area contributed by atoms with Crippen LogP contribution in [-0.4, -0.2) is 9.55 Å². The Bertz CT molecular complexity index is 318. The molecule has 2 rings (SSSR count). The Balaban J connectivity index is 0.000000461. The van der Waals surface area contributed by atoms with Crippen LogP contribution in [0.1, 0.15) is 33.6 Å². The Hall–Kier alpha value is -1.31. The molecular formula is C12H18N2. The van der Waals surface area contributed by atoms with Crippen LogP contribution < -0.4 is 0 Å². The number of aromatic nitrogens is 2. The van der Waals surface area contributed by atoms with Crippen LogP contribution in [0.15, 0.2) is 36.4 Å². The van der Waals surface area contributed by atoms with Gasteiger partial charge in [-0.2, -0.15) is 0 Å². The van der Waals surface area contributed by atoms with E-state index in [1.807, 2.05) is 32.6 Å². The van der Waals surface area contributed by atoms with Crippen molar-refractivity contribution >= 4 is 5.70 Å². The van der Waals surface area contributed by atoms with E-state index in [1.165, 1.54) is 17.7 Å². The van der Waals surface area contributed by atoms with Crippen LogP contribution in [0, 0.1) is 0 Å². The highest BCUT2D eigenvalue weighted by atomic mass is 15.0. The van der Waals surface area contributed by atoms with Gasteiger partial charge in [0.25, 0.3) is 0 Å². The van der Waals surface area contributed by atoms with Gasteiger partial charge in [0.15, 0.2) is 0 Å². The summed E-state index contributed by atoms with van der Waals surface area (Å²) >= 11 is 0. The van der Waals surface area contributed by atoms with Crippen molar-refractivity contribution in [2.75, 3.05) is 0 Å². The minimum absolute atomic E-state index is 1.12. The van der Waals surface area contributed by atoms with Crippen molar-refractivity contribution in [2.45, 2.75) is 33.6 Å². The molecule has 2 nitrogen and oxygen atoms in total. The third kappa shape index (κ3) is 2.59. The fourth-order valence-corrected chi connectivity index (χ4v) is 1.37. The number of hydrogen-bond acceptors (Lipinski definition) is 1. The van der Waals surface area contributed by atoms with Crippen molar-refractivity contribution in [3.8, 4) is 0 Å². The van der Waals surface area contributed by atoms with Crippen molar-refractivity contribution in [3.63, 3.8) is 0 Å². The van der Waals surface area contributed by atoms with Gasteiger partial charge < -0.3 is 4.57 Å². The monoisotopic (exact) mass is 190 g/mol. The molecule has 0 aromatic carbocycles. The highest BCUT2D eigenvalue weighted by molar-refractivity contribution is 5.51. The van der Waals surface area contributed by atoms with E-state index in [2.05, 4.69) is 28.6 Å². The van der Waals surface area contributed by atoms with Crippen molar-refractivity contribution in [1.29, 1.82) is 0 Å². The Labute approximate surface area is 86.0 Å². The van der Waals surface area contributed by atoms with E-state index in [1.54, 1.807) is 0 Å². The maximum absolute atomic E-state index is 4.02. The summed E-state index contributed by atoms with van der Waals surface area (Å²) in [6, 6.07) is 0. The van der Waals surface area contributed by atoms with E-state index in [4.69, 9.17) is 0 Å². The van der Waals surface area contributed by atoms with Gasteiger partial charge in [-0.3, -0.25) is 0 Å². The molecule has 0 atom stereocenters. The fraction of sp³-hybridized carbons (Fsp3) is 0.417. The Morgan fingerprint density at radius 3 is 2.50 bits per heavy atom. The summed E-state index contributed by atoms with van der Waals surface area (Å²) < 4.78 is 2.07. The first kappa shape index (κ1) is 10.8. The lowest BCUT2D eigenvalue weighted by Crippen LogP contribution is -1.97. The molecule has 2 heteroatoms. The molecule has 0 radical (unpaired) electrons. The Morgan fingerprint density at radius 2 is 2.00 bits per heavy atom. The van der Waals surface area contributed by atoms with Gasteiger partial charge in [0, 0.05) is 18.1 Å². The summed E-state index contributed by atoms with van der Waals surface area (Å²) in [6.45, 7) is 6.17. The zero-order valence-corrected chi connectivity index (χ0v) is 9.20. The third-order valence-corrected chi connectivity index (χ3v) is 2.17. The predicted molar refractivity (Wildman–Crippen MR) is 60.8 cm³/mol. The summed E-state index contributed by atoms with van der Waals surface area (Å²) in [4.78, 5) is 4.02. The van der Waals surface area contributed by atoms with Gasteiger partial charge in [-0.25, -0.2) is 4.98 Å². The van der Waals surface area contributed by atoms with Gasteiger partial charge in [-0.1, -0.05) is 25.5 Å². The molecule has 76 valence electrons. The summed E-state index contributed by atoms with van der Waals surface area (Å²) in [6.07, 6.45) is 12.3. The molecule has 1 aromatic rings. The minimum Gasteiger partial charge on any atom is -0.310 e. The Kier molecular flexibility index (Phi) is 4.17. The zero-order valence-electron chi connectivity index (χ0n) is 9.20. The van der Waals surface area contributed by atoms with Gasteiger partial charge >= 0.3 is 0 Å². The van der Waals surface area contributed by atoms with E-state index >= 15 is 0 Å². The van der Waals surface area contributed by atoms with E-state index in [-0.39, 0.29) is 0 Å². The van der Waals surface area contributed by atoms with Gasteiger partial charge in [0.05, 0.1) is 6.33 Å². The summed E-state index contributed by atoms with van der Waals surface area (Å²) in [5, 5.41) is 0. The fourth-order valence-electron chi connectivity index (χ4n) is 1.37. The van der Waals surface area contributed by atoms with Gasteiger partial charge in [0.2, 0.25) is 0 Å². The van der Waals surface area contributed by atoms with Crippen LogP contribution in [-0.2, 0) is 0 Å². The maximum Gasteiger partial charge on any atom is 0.0989 e. The molecule has 0 spiro atoms. The zero-order chi connectivity index (χ0) is 10.4. The van der Waals surface area contributed by atoms with Crippen LogP contribution in [0.2, 0.25) is 0 Å². The second-order valence-electron chi connectivity index (χ2n) is 3.14. The summed E-state index contributed by atoms with van der Waals surface area (Å²) in [5.74, 6) is 0. The summed E-state index contributed by atoms with van der Waals surface area (Å²) in [5.41, 5.74) is 2.79. The number of imidazole rings is 1. The molecule has 1 heterocycles. The highest BCUT2D eigenvalue weighted by Gasteiger charge is 2.03. The molecule has 0 aliphatic heterocycles. The van der Waals surface area contributed by atoms with Gasteiger partial charge in [-0.05, 0) is 25.8 Å². The molecule has 0 saturated carbocycles. The van der Waals surface area contributed by atoms with Crippen LogP contribution >= 0.6 is 0 Å². The average molecular weight is 190 g/mol. The van der Waals surface area contributed by atoms with Crippen LogP contribution in [0.4, 0.5) is 0 Å². The second kappa shape index (κ2) is 5.43. The number of allylic oxidation sites excluding steroid dienone is 4. The first-order valence-electron chi connectivity index (χ1n) is 5.21. The SMILES string of the molecule is CC.CC1=CC=C(n2ccnc2)CC1. The maximum atomic E-state index is 4.02. The lowest BCUT2D eigenvalue weighted by molar-refractivity contribution is 0.900. The lowest BCUT2D eigenvalue weighted by Gasteiger charge is -2.12. The van der Waals surface area contributed by atoms with E-state index < -0.39 is 0 Å².